The average molecular weight is 455 g/mol. The van der Waals surface area contributed by atoms with Gasteiger partial charge in [0.1, 0.15) is 5.82 Å². The van der Waals surface area contributed by atoms with Gasteiger partial charge >= 0.3 is 0 Å². The van der Waals surface area contributed by atoms with Crippen LogP contribution < -0.4 is 5.32 Å². The van der Waals surface area contributed by atoms with Crippen LogP contribution >= 0.6 is 15.9 Å². The van der Waals surface area contributed by atoms with Crippen molar-refractivity contribution >= 4 is 32.9 Å². The van der Waals surface area contributed by atoms with Crippen molar-refractivity contribution in [2.75, 3.05) is 19.6 Å². The molecule has 1 amide bonds. The minimum atomic E-state index is 0.0702. The lowest BCUT2D eigenvalue weighted by molar-refractivity contribution is -0.126. The molecule has 4 rings (SSSR count). The highest BCUT2D eigenvalue weighted by molar-refractivity contribution is 9.10. The molecule has 1 saturated heterocycles. The predicted molar refractivity (Wildman–Crippen MR) is 120 cm³/mol. The number of para-hydroxylation sites is 2. The van der Waals surface area contributed by atoms with Crippen LogP contribution in [0.4, 0.5) is 0 Å². The normalized spacial score (nSPS) is 17.5. The maximum atomic E-state index is 12.5. The van der Waals surface area contributed by atoms with Gasteiger partial charge in [-0.15, -0.1) is 0 Å². The number of halogens is 1. The Morgan fingerprint density at radius 2 is 2.00 bits per heavy atom. The second kappa shape index (κ2) is 9.09. The average Bonchev–Trinajstić information content (AvgIpc) is 3.10. The van der Waals surface area contributed by atoms with E-state index in [1.54, 1.807) is 0 Å². The second-order valence-corrected chi connectivity index (χ2v) is 8.61. The van der Waals surface area contributed by atoms with Crippen LogP contribution in [0.1, 0.15) is 32.0 Å². The molecule has 1 aromatic heterocycles. The van der Waals surface area contributed by atoms with Crippen molar-refractivity contribution in [3.8, 4) is 5.69 Å². The minimum Gasteiger partial charge on any atom is -0.356 e. The van der Waals surface area contributed by atoms with Crippen molar-refractivity contribution < 1.29 is 4.79 Å². The Balaban J connectivity index is 1.60. The number of rotatable bonds is 6. The number of piperidine rings is 1. The summed E-state index contributed by atoms with van der Waals surface area (Å²) in [5.74, 6) is 1.28. The number of imidazole rings is 1. The number of likely N-dealkylation sites (tertiary alicyclic amines) is 1. The third kappa shape index (κ3) is 4.54. The summed E-state index contributed by atoms with van der Waals surface area (Å²) < 4.78 is 3.30. The van der Waals surface area contributed by atoms with Gasteiger partial charge in [-0.1, -0.05) is 35.0 Å². The molecule has 2 aromatic carbocycles. The van der Waals surface area contributed by atoms with E-state index in [4.69, 9.17) is 4.98 Å². The topological polar surface area (TPSA) is 50.2 Å². The number of nitrogens with one attached hydrogen (secondary N) is 1. The third-order valence-corrected chi connectivity index (χ3v) is 6.03. The van der Waals surface area contributed by atoms with Crippen molar-refractivity contribution in [1.82, 2.24) is 19.8 Å². The zero-order valence-electron chi connectivity index (χ0n) is 16.8. The van der Waals surface area contributed by atoms with Crippen LogP contribution in [0.2, 0.25) is 0 Å². The summed E-state index contributed by atoms with van der Waals surface area (Å²) in [4.78, 5) is 19.8. The Bertz CT molecular complexity index is 982. The highest BCUT2D eigenvalue weighted by atomic mass is 79.9. The number of hydrogen-bond acceptors (Lipinski definition) is 3. The summed E-state index contributed by atoms with van der Waals surface area (Å²) >= 11 is 3.52. The number of amides is 1. The van der Waals surface area contributed by atoms with Crippen molar-refractivity contribution in [2.24, 2.45) is 5.92 Å². The largest absolute Gasteiger partial charge is 0.356 e. The second-order valence-electron chi connectivity index (χ2n) is 7.69. The van der Waals surface area contributed by atoms with Gasteiger partial charge in [0.15, 0.2) is 0 Å². The fourth-order valence-corrected chi connectivity index (χ4v) is 4.33. The van der Waals surface area contributed by atoms with E-state index in [-0.39, 0.29) is 11.8 Å². The molecule has 0 radical (unpaired) electrons. The van der Waals surface area contributed by atoms with Crippen LogP contribution in [0.25, 0.3) is 16.7 Å². The van der Waals surface area contributed by atoms with E-state index in [1.807, 2.05) is 6.07 Å². The molecule has 2 heterocycles. The zero-order valence-corrected chi connectivity index (χ0v) is 18.4. The van der Waals surface area contributed by atoms with E-state index >= 15 is 0 Å². The molecule has 29 heavy (non-hydrogen) atoms. The molecule has 1 fully saturated rings. The Labute approximate surface area is 180 Å². The Morgan fingerprint density at radius 1 is 1.21 bits per heavy atom. The number of carbonyl (C=O) groups excluding carboxylic acids is 1. The van der Waals surface area contributed by atoms with Crippen LogP contribution in [0, 0.1) is 5.92 Å². The van der Waals surface area contributed by atoms with Gasteiger partial charge in [0.25, 0.3) is 0 Å². The third-order valence-electron chi connectivity index (χ3n) is 5.51. The number of benzene rings is 2. The SMILES string of the molecule is CCCNC(=O)[C@@H]1CCCN(Cc2nc3ccccc3n2-c2ccc(Br)cc2)C1. The summed E-state index contributed by atoms with van der Waals surface area (Å²) in [6.45, 7) is 5.37. The smallest absolute Gasteiger partial charge is 0.224 e. The van der Waals surface area contributed by atoms with Gasteiger partial charge in [-0.05, 0) is 62.2 Å². The molecule has 5 nitrogen and oxygen atoms in total. The molecule has 1 N–H and O–H groups in total. The molecule has 0 aliphatic carbocycles. The maximum absolute atomic E-state index is 12.5. The summed E-state index contributed by atoms with van der Waals surface area (Å²) in [5.41, 5.74) is 3.21. The molecule has 3 aromatic rings. The molecule has 6 heteroatoms. The first kappa shape index (κ1) is 20.1. The highest BCUT2D eigenvalue weighted by Gasteiger charge is 2.26. The van der Waals surface area contributed by atoms with Crippen molar-refractivity contribution in [1.29, 1.82) is 0 Å². The van der Waals surface area contributed by atoms with Gasteiger partial charge < -0.3 is 5.32 Å². The first-order chi connectivity index (χ1) is 14.2. The van der Waals surface area contributed by atoms with E-state index in [1.165, 1.54) is 0 Å². The van der Waals surface area contributed by atoms with E-state index in [9.17, 15) is 4.79 Å². The Morgan fingerprint density at radius 3 is 2.79 bits per heavy atom. The lowest BCUT2D eigenvalue weighted by atomic mass is 9.97. The summed E-state index contributed by atoms with van der Waals surface area (Å²) in [6, 6.07) is 16.6. The van der Waals surface area contributed by atoms with Crippen molar-refractivity contribution in [2.45, 2.75) is 32.7 Å². The van der Waals surface area contributed by atoms with Gasteiger partial charge in [0, 0.05) is 23.2 Å². The fourth-order valence-electron chi connectivity index (χ4n) is 4.07. The molecule has 1 aliphatic rings. The molecular weight excluding hydrogens is 428 g/mol. The number of fused-ring (bicyclic) bond motifs is 1. The van der Waals surface area contributed by atoms with Crippen molar-refractivity contribution in [3.05, 3.63) is 58.8 Å². The lowest BCUT2D eigenvalue weighted by Gasteiger charge is -2.31. The van der Waals surface area contributed by atoms with Crippen LogP contribution in [0.15, 0.2) is 53.0 Å². The lowest BCUT2D eigenvalue weighted by Crippen LogP contribution is -2.43. The number of aromatic nitrogens is 2. The Hall–Kier alpha value is -2.18. The summed E-state index contributed by atoms with van der Waals surface area (Å²) in [6.07, 6.45) is 2.98. The summed E-state index contributed by atoms with van der Waals surface area (Å²) in [5, 5.41) is 3.06. The van der Waals surface area contributed by atoms with Gasteiger partial charge in [0.05, 0.1) is 23.5 Å². The van der Waals surface area contributed by atoms with E-state index < -0.39 is 0 Å². The molecule has 152 valence electrons. The molecule has 1 atom stereocenters. The highest BCUT2D eigenvalue weighted by Crippen LogP contribution is 2.25. The monoisotopic (exact) mass is 454 g/mol. The van der Waals surface area contributed by atoms with E-state index in [2.05, 4.69) is 80.1 Å². The van der Waals surface area contributed by atoms with Gasteiger partial charge in [0.2, 0.25) is 5.91 Å². The molecule has 1 aliphatic heterocycles. The fraction of sp³-hybridized carbons (Fsp3) is 0.391. The van der Waals surface area contributed by atoms with E-state index in [0.29, 0.717) is 0 Å². The predicted octanol–water partition coefficient (Wildman–Crippen LogP) is 4.53. The van der Waals surface area contributed by atoms with Crippen LogP contribution in [-0.2, 0) is 11.3 Å². The van der Waals surface area contributed by atoms with Gasteiger partial charge in [-0.3, -0.25) is 14.3 Å². The van der Waals surface area contributed by atoms with Gasteiger partial charge in [-0.25, -0.2) is 4.98 Å². The van der Waals surface area contributed by atoms with Gasteiger partial charge in [-0.2, -0.15) is 0 Å². The van der Waals surface area contributed by atoms with Crippen molar-refractivity contribution in [3.63, 3.8) is 0 Å². The number of hydrogen-bond donors (Lipinski definition) is 1. The van der Waals surface area contributed by atoms with Crippen LogP contribution in [-0.4, -0.2) is 40.0 Å². The molecule has 0 saturated carbocycles. The summed E-state index contributed by atoms with van der Waals surface area (Å²) in [7, 11) is 0. The van der Waals surface area contributed by atoms with Crippen LogP contribution in [0.3, 0.4) is 0 Å². The molecule has 0 unspecified atom stereocenters. The Kier molecular flexibility index (Phi) is 6.31. The quantitative estimate of drug-likeness (QED) is 0.595. The number of carbonyl (C=O) groups is 1. The van der Waals surface area contributed by atoms with E-state index in [0.717, 1.165) is 72.5 Å². The first-order valence-electron chi connectivity index (χ1n) is 10.4. The maximum Gasteiger partial charge on any atom is 0.224 e. The molecule has 0 spiro atoms. The first-order valence-corrected chi connectivity index (χ1v) is 11.2. The zero-order chi connectivity index (χ0) is 20.2. The standard InChI is InChI=1S/C23H27BrN4O/c1-2-13-25-23(29)17-6-5-14-27(15-17)16-22-26-20-7-3-4-8-21(20)28(22)19-11-9-18(24)10-12-19/h3-4,7-12,17H,2,5-6,13-16H2,1H3,(H,25,29)/t17-/m1/s1. The molecular formula is C23H27BrN4O. The van der Waals surface area contributed by atoms with Crippen LogP contribution in [0.5, 0.6) is 0 Å². The molecule has 0 bridgehead atoms. The number of nitrogens with zero attached hydrogens (tertiary/aromatic N) is 3. The minimum absolute atomic E-state index is 0.0702.